The summed E-state index contributed by atoms with van der Waals surface area (Å²) in [5, 5.41) is 8.69. The second-order valence-corrected chi connectivity index (χ2v) is 2.56. The van der Waals surface area contributed by atoms with Crippen molar-refractivity contribution in [1.29, 1.82) is 0 Å². The molecule has 3 N–H and O–H groups in total. The van der Waals surface area contributed by atoms with Gasteiger partial charge in [0.05, 0.1) is 0 Å². The molecule has 0 aliphatic rings. The third kappa shape index (κ3) is 2.70. The highest BCUT2D eigenvalue weighted by molar-refractivity contribution is 6.12. The van der Waals surface area contributed by atoms with Gasteiger partial charge in [-0.25, -0.2) is 0 Å². The summed E-state index contributed by atoms with van der Waals surface area (Å²) in [5.41, 5.74) is 5.85. The Labute approximate surface area is 51.4 Å². The van der Waals surface area contributed by atoms with Crippen LogP contribution in [-0.2, 0) is 0 Å². The van der Waals surface area contributed by atoms with Crippen molar-refractivity contribution in [3.63, 3.8) is 0 Å². The van der Waals surface area contributed by atoms with E-state index in [0.717, 1.165) is 16.3 Å². The van der Waals surface area contributed by atoms with Crippen LogP contribution in [0, 0.1) is 0 Å². The fourth-order valence-corrected chi connectivity index (χ4v) is 0.575. The van der Waals surface area contributed by atoms with E-state index in [9.17, 15) is 0 Å². The molecule has 0 aromatic rings. The number of rotatable bonds is 1. The van der Waals surface area contributed by atoms with Gasteiger partial charge in [-0.3, -0.25) is 0 Å². The molecule has 0 bridgehead atoms. The minimum Gasteiger partial charge on any atom is -0.403 e. The van der Waals surface area contributed by atoms with E-state index in [1.807, 2.05) is 6.92 Å². The monoisotopic (exact) mass is 115 g/mol. The van der Waals surface area contributed by atoms with Gasteiger partial charge in [0.2, 0.25) is 0 Å². The van der Waals surface area contributed by atoms with Crippen molar-refractivity contribution in [2.75, 3.05) is 0 Å². The van der Waals surface area contributed by atoms with Gasteiger partial charge in [-0.1, -0.05) is 6.08 Å². The van der Waals surface area contributed by atoms with Crippen LogP contribution in [0.2, 0.25) is 0 Å². The first-order valence-electron chi connectivity index (χ1n) is 2.28. The molecule has 0 aromatic carbocycles. The van der Waals surface area contributed by atoms with Crippen molar-refractivity contribution in [3.05, 3.63) is 11.8 Å². The summed E-state index contributed by atoms with van der Waals surface area (Å²) in [6.45, 7) is 1.82. The molecule has 40 valence electrons. The van der Waals surface area contributed by atoms with Crippen LogP contribution in [0.25, 0.3) is 0 Å². The Morgan fingerprint density at radius 1 is 2.00 bits per heavy atom. The summed E-state index contributed by atoms with van der Waals surface area (Å²) < 4.78 is 0. The number of allylic oxidation sites excluding steroid dienone is 1. The molecule has 0 saturated heterocycles. The average Bonchev–Trinajstić information content (AvgIpc) is 1.65. The lowest BCUT2D eigenvalue weighted by molar-refractivity contribution is 0.288. The maximum Gasteiger partial charge on any atom is 0.268 e. The Morgan fingerprint density at radius 2 is 2.43 bits per heavy atom. The highest BCUT2D eigenvalue weighted by Crippen LogP contribution is 1.85. The Balaban J connectivity index is 3.56. The minimum absolute atomic E-state index is 0.356. The molecule has 0 fully saturated rings. The Morgan fingerprint density at radius 3 is 2.43 bits per heavy atom. The lowest BCUT2D eigenvalue weighted by Crippen LogP contribution is -2.16. The molecular weight excluding hydrogens is 105 g/mol. The Bertz CT molecular complexity index is 79.8. The summed E-state index contributed by atoms with van der Waals surface area (Å²) in [6.07, 6.45) is 1.72. The van der Waals surface area contributed by atoms with Gasteiger partial charge in [-0.2, -0.15) is 0 Å². The quantitative estimate of drug-likeness (QED) is 0.422. The van der Waals surface area contributed by atoms with Crippen LogP contribution in [-0.4, -0.2) is 26.4 Å². The first kappa shape index (κ1) is 7.03. The summed E-state index contributed by atoms with van der Waals surface area (Å²) in [7, 11) is 0. The summed E-state index contributed by atoms with van der Waals surface area (Å²) >= 11 is 0.725. The average molecular weight is 115 g/mol. The van der Waals surface area contributed by atoms with Crippen molar-refractivity contribution in [2.24, 2.45) is 5.73 Å². The molecule has 0 amide bonds. The lowest BCUT2D eigenvalue weighted by Gasteiger charge is -2.00. The fourth-order valence-electron chi connectivity index (χ4n) is 0.241. The molecule has 0 aliphatic heterocycles. The van der Waals surface area contributed by atoms with Crippen molar-refractivity contribution in [1.82, 2.24) is 0 Å². The molecular formula is C4H10AlNO. The number of hydrogen-bond acceptors (Lipinski definition) is 2. The zero-order chi connectivity index (χ0) is 5.86. The molecule has 0 aromatic heterocycles. The second-order valence-electron chi connectivity index (χ2n) is 1.46. The van der Waals surface area contributed by atoms with E-state index in [0.29, 0.717) is 5.70 Å². The number of aliphatic hydroxyl groups is 1. The van der Waals surface area contributed by atoms with Crippen molar-refractivity contribution < 1.29 is 5.11 Å². The number of hydrogen-bond donors (Lipinski definition) is 2. The van der Waals surface area contributed by atoms with Gasteiger partial charge in [-0.05, 0) is 6.92 Å². The Kier molecular flexibility index (Phi) is 3.10. The maximum atomic E-state index is 8.69. The largest absolute Gasteiger partial charge is 0.403 e. The molecule has 0 radical (unpaired) electrons. The van der Waals surface area contributed by atoms with Gasteiger partial charge < -0.3 is 10.8 Å². The fraction of sp³-hybridized carbons (Fsp3) is 0.500. The molecule has 0 spiro atoms. The van der Waals surface area contributed by atoms with E-state index in [2.05, 4.69) is 0 Å². The smallest absolute Gasteiger partial charge is 0.268 e. The van der Waals surface area contributed by atoms with E-state index < -0.39 is 0 Å². The van der Waals surface area contributed by atoms with E-state index in [4.69, 9.17) is 10.8 Å². The molecule has 2 nitrogen and oxygen atoms in total. The molecule has 0 saturated carbocycles. The first-order valence-corrected chi connectivity index (χ1v) is 3.43. The third-order valence-electron chi connectivity index (χ3n) is 0.816. The zero-order valence-corrected chi connectivity index (χ0v) is 6.68. The van der Waals surface area contributed by atoms with Gasteiger partial charge in [-0.15, -0.1) is 0 Å². The van der Waals surface area contributed by atoms with Gasteiger partial charge in [0.1, 0.15) is 0 Å². The molecule has 7 heavy (non-hydrogen) atoms. The molecule has 0 aliphatic carbocycles. The van der Waals surface area contributed by atoms with Crippen LogP contribution in [0.1, 0.15) is 6.92 Å². The predicted octanol–water partition coefficient (Wildman–Crippen LogP) is -1.20. The van der Waals surface area contributed by atoms with E-state index in [1.165, 1.54) is 0 Å². The molecule has 3 heteroatoms. The van der Waals surface area contributed by atoms with Crippen LogP contribution >= 0.6 is 0 Å². The van der Waals surface area contributed by atoms with Crippen LogP contribution < -0.4 is 5.73 Å². The lowest BCUT2D eigenvalue weighted by atomic mass is 10.4. The standard InChI is InChI=1S/C4H8NO.Al.2H/c1-2-4(5)3-6;;;/h2-3,6H,5H2,1H3;;;/b4-2-;;;. The van der Waals surface area contributed by atoms with Gasteiger partial charge in [0.25, 0.3) is 16.3 Å². The van der Waals surface area contributed by atoms with Gasteiger partial charge in [0.15, 0.2) is 0 Å². The van der Waals surface area contributed by atoms with Gasteiger partial charge >= 0.3 is 0 Å². The van der Waals surface area contributed by atoms with Gasteiger partial charge in [0, 0.05) is 10.7 Å². The van der Waals surface area contributed by atoms with E-state index in [1.54, 1.807) is 6.08 Å². The first-order chi connectivity index (χ1) is 3.18. The number of nitrogens with two attached hydrogens (primary N) is 1. The SMILES string of the molecule is C/C=C(\N)[CH](O)[AlH2]. The molecule has 1 unspecified atom stereocenters. The highest BCUT2D eigenvalue weighted by Gasteiger charge is 1.93. The van der Waals surface area contributed by atoms with Crippen LogP contribution in [0.15, 0.2) is 11.8 Å². The topological polar surface area (TPSA) is 46.2 Å². The third-order valence-corrected chi connectivity index (χ3v) is 1.48. The second kappa shape index (κ2) is 3.09. The van der Waals surface area contributed by atoms with E-state index in [-0.39, 0.29) is 4.97 Å². The molecule has 0 heterocycles. The summed E-state index contributed by atoms with van der Waals surface area (Å²) in [6, 6.07) is 0. The molecule has 1 atom stereocenters. The van der Waals surface area contributed by atoms with Crippen LogP contribution in [0.3, 0.4) is 0 Å². The van der Waals surface area contributed by atoms with Crippen LogP contribution in [0.4, 0.5) is 0 Å². The van der Waals surface area contributed by atoms with Crippen LogP contribution in [0.5, 0.6) is 0 Å². The molecule has 0 rings (SSSR count). The summed E-state index contributed by atoms with van der Waals surface area (Å²) in [4.78, 5) is -0.356. The van der Waals surface area contributed by atoms with Crippen molar-refractivity contribution >= 4 is 16.3 Å². The maximum absolute atomic E-state index is 8.69. The summed E-state index contributed by atoms with van der Waals surface area (Å²) in [5.74, 6) is 0. The van der Waals surface area contributed by atoms with Crippen molar-refractivity contribution in [2.45, 2.75) is 11.9 Å². The van der Waals surface area contributed by atoms with E-state index >= 15 is 0 Å². The zero-order valence-electron chi connectivity index (χ0n) is 4.68. The minimum atomic E-state index is -0.356. The highest BCUT2D eigenvalue weighted by atomic mass is 27.0. The van der Waals surface area contributed by atoms with Crippen molar-refractivity contribution in [3.8, 4) is 0 Å². The Hall–Kier alpha value is 0.0325. The normalized spacial score (nSPS) is 16.6. The predicted molar refractivity (Wildman–Crippen MR) is 32.5 cm³/mol. The number of aliphatic hydroxyl groups excluding tert-OH is 1.